The van der Waals surface area contributed by atoms with Crippen molar-refractivity contribution in [2.75, 3.05) is 6.54 Å². The van der Waals surface area contributed by atoms with Gasteiger partial charge in [-0.05, 0) is 48.5 Å². The van der Waals surface area contributed by atoms with Crippen molar-refractivity contribution in [3.8, 4) is 11.1 Å². The Morgan fingerprint density at radius 1 is 1.21 bits per heavy atom. The molecule has 4 nitrogen and oxygen atoms in total. The second kappa shape index (κ2) is 7.32. The Kier molecular flexibility index (Phi) is 5.17. The molecule has 0 radical (unpaired) electrons. The largest absolute Gasteiger partial charge is 0.330 e. The minimum absolute atomic E-state index is 0.275. The Morgan fingerprint density at radius 2 is 1.96 bits per heavy atom. The van der Waals surface area contributed by atoms with E-state index >= 15 is 0 Å². The summed E-state index contributed by atoms with van der Waals surface area (Å²) in [4.78, 5) is 8.67. The first-order chi connectivity index (χ1) is 11.7. The lowest BCUT2D eigenvalue weighted by Crippen LogP contribution is -2.13. The monoisotopic (exact) mass is 342 g/mol. The first-order valence-corrected chi connectivity index (χ1v) is 8.88. The van der Waals surface area contributed by atoms with Gasteiger partial charge in [-0.15, -0.1) is 0 Å². The SMILES string of the molecule is CCc1ccc(-c2cn(C(CC)CCN)c3nc(Cl)ncc23)cc1. The van der Waals surface area contributed by atoms with Crippen LogP contribution >= 0.6 is 11.6 Å². The molecule has 0 aliphatic rings. The van der Waals surface area contributed by atoms with E-state index in [-0.39, 0.29) is 5.28 Å². The Bertz CT molecular complexity index is 823. The van der Waals surface area contributed by atoms with Crippen molar-refractivity contribution >= 4 is 22.6 Å². The maximum absolute atomic E-state index is 6.05. The second-order valence-corrected chi connectivity index (χ2v) is 6.35. The summed E-state index contributed by atoms with van der Waals surface area (Å²) in [6.07, 6.45) is 6.93. The van der Waals surface area contributed by atoms with Crippen molar-refractivity contribution < 1.29 is 0 Å². The zero-order valence-corrected chi connectivity index (χ0v) is 14.9. The summed E-state index contributed by atoms with van der Waals surface area (Å²) in [7, 11) is 0. The number of rotatable bonds is 6. The maximum atomic E-state index is 6.05. The highest BCUT2D eigenvalue weighted by molar-refractivity contribution is 6.28. The lowest BCUT2D eigenvalue weighted by Gasteiger charge is -2.16. The van der Waals surface area contributed by atoms with Crippen molar-refractivity contribution in [2.45, 2.75) is 39.2 Å². The van der Waals surface area contributed by atoms with Gasteiger partial charge in [-0.25, -0.2) is 4.98 Å². The van der Waals surface area contributed by atoms with Crippen LogP contribution in [0.4, 0.5) is 0 Å². The van der Waals surface area contributed by atoms with E-state index in [1.807, 2.05) is 6.20 Å². The topological polar surface area (TPSA) is 56.7 Å². The van der Waals surface area contributed by atoms with Crippen LogP contribution in [0.3, 0.4) is 0 Å². The second-order valence-electron chi connectivity index (χ2n) is 6.02. The van der Waals surface area contributed by atoms with Gasteiger partial charge in [-0.1, -0.05) is 38.1 Å². The first kappa shape index (κ1) is 16.9. The number of fused-ring (bicyclic) bond motifs is 1. The van der Waals surface area contributed by atoms with Crippen LogP contribution in [0.25, 0.3) is 22.2 Å². The lowest BCUT2D eigenvalue weighted by atomic mass is 10.0. The Balaban J connectivity index is 2.17. The third-order valence-electron chi connectivity index (χ3n) is 4.58. The zero-order chi connectivity index (χ0) is 17.1. The summed E-state index contributed by atoms with van der Waals surface area (Å²) in [5.41, 5.74) is 10.3. The normalized spacial score (nSPS) is 12.7. The van der Waals surface area contributed by atoms with Gasteiger partial charge in [0.25, 0.3) is 0 Å². The highest BCUT2D eigenvalue weighted by Crippen LogP contribution is 2.33. The van der Waals surface area contributed by atoms with E-state index < -0.39 is 0 Å². The minimum Gasteiger partial charge on any atom is -0.330 e. The average molecular weight is 343 g/mol. The third kappa shape index (κ3) is 3.17. The molecule has 0 bridgehead atoms. The molecule has 2 N–H and O–H groups in total. The molecule has 24 heavy (non-hydrogen) atoms. The summed E-state index contributed by atoms with van der Waals surface area (Å²) in [5, 5.41) is 1.30. The molecule has 1 unspecified atom stereocenters. The van der Waals surface area contributed by atoms with Gasteiger partial charge < -0.3 is 10.3 Å². The zero-order valence-electron chi connectivity index (χ0n) is 14.2. The number of halogens is 1. The molecule has 0 amide bonds. The van der Waals surface area contributed by atoms with Crippen LogP contribution in [-0.2, 0) is 6.42 Å². The van der Waals surface area contributed by atoms with E-state index in [9.17, 15) is 0 Å². The number of nitrogens with two attached hydrogens (primary N) is 1. The predicted octanol–water partition coefficient (Wildman–Crippen LogP) is 4.61. The molecule has 3 rings (SSSR count). The van der Waals surface area contributed by atoms with Gasteiger partial charge >= 0.3 is 0 Å². The van der Waals surface area contributed by atoms with Gasteiger partial charge in [0, 0.05) is 29.4 Å². The van der Waals surface area contributed by atoms with Gasteiger partial charge in [0.05, 0.1) is 0 Å². The molecule has 0 aliphatic heterocycles. The lowest BCUT2D eigenvalue weighted by molar-refractivity contribution is 0.469. The fourth-order valence-electron chi connectivity index (χ4n) is 3.17. The average Bonchev–Trinajstić information content (AvgIpc) is 2.98. The van der Waals surface area contributed by atoms with Crippen LogP contribution in [-0.4, -0.2) is 21.1 Å². The number of hydrogen-bond donors (Lipinski definition) is 1. The van der Waals surface area contributed by atoms with Crippen LogP contribution in [0.2, 0.25) is 5.28 Å². The molecule has 5 heteroatoms. The van der Waals surface area contributed by atoms with Gasteiger partial charge in [0.2, 0.25) is 5.28 Å². The molecule has 126 valence electrons. The maximum Gasteiger partial charge on any atom is 0.224 e. The molecule has 0 saturated heterocycles. The van der Waals surface area contributed by atoms with Crippen LogP contribution in [0.15, 0.2) is 36.7 Å². The number of hydrogen-bond acceptors (Lipinski definition) is 3. The first-order valence-electron chi connectivity index (χ1n) is 8.50. The van der Waals surface area contributed by atoms with Crippen LogP contribution in [0.5, 0.6) is 0 Å². The van der Waals surface area contributed by atoms with Gasteiger partial charge in [-0.3, -0.25) is 0 Å². The molecule has 0 aliphatic carbocycles. The summed E-state index contributed by atoms with van der Waals surface area (Å²) in [6.45, 7) is 4.98. The summed E-state index contributed by atoms with van der Waals surface area (Å²) < 4.78 is 2.21. The molecule has 1 atom stereocenters. The fraction of sp³-hybridized carbons (Fsp3) is 0.368. The van der Waals surface area contributed by atoms with E-state index in [1.165, 1.54) is 11.1 Å². The number of aryl methyl sites for hydroxylation is 1. The van der Waals surface area contributed by atoms with Crippen LogP contribution in [0, 0.1) is 0 Å². The molecular weight excluding hydrogens is 320 g/mol. The van der Waals surface area contributed by atoms with Crippen molar-refractivity contribution in [2.24, 2.45) is 5.73 Å². The van der Waals surface area contributed by atoms with Crippen molar-refractivity contribution in [1.82, 2.24) is 14.5 Å². The summed E-state index contributed by atoms with van der Waals surface area (Å²) >= 11 is 6.05. The van der Waals surface area contributed by atoms with Gasteiger partial charge in [0.1, 0.15) is 5.65 Å². The molecule has 0 spiro atoms. The van der Waals surface area contributed by atoms with Crippen molar-refractivity contribution in [1.29, 1.82) is 0 Å². The highest BCUT2D eigenvalue weighted by Gasteiger charge is 2.17. The molecular formula is C19H23ClN4. The van der Waals surface area contributed by atoms with Gasteiger partial charge in [-0.2, -0.15) is 4.98 Å². The smallest absolute Gasteiger partial charge is 0.224 e. The van der Waals surface area contributed by atoms with E-state index in [0.29, 0.717) is 12.6 Å². The minimum atomic E-state index is 0.275. The molecule has 2 aromatic heterocycles. The summed E-state index contributed by atoms with van der Waals surface area (Å²) in [6, 6.07) is 8.98. The van der Waals surface area contributed by atoms with Crippen LogP contribution in [0.1, 0.15) is 38.3 Å². The number of benzene rings is 1. The molecule has 3 aromatic rings. The highest BCUT2D eigenvalue weighted by atomic mass is 35.5. The third-order valence-corrected chi connectivity index (χ3v) is 4.76. The fourth-order valence-corrected chi connectivity index (χ4v) is 3.30. The van der Waals surface area contributed by atoms with E-state index in [0.717, 1.165) is 35.9 Å². The van der Waals surface area contributed by atoms with E-state index in [2.05, 4.69) is 58.8 Å². The number of nitrogens with zero attached hydrogens (tertiary/aromatic N) is 3. The molecule has 0 saturated carbocycles. The Hall–Kier alpha value is -1.91. The number of aromatic nitrogens is 3. The molecule has 0 fully saturated rings. The molecule has 2 heterocycles. The quantitative estimate of drug-likeness (QED) is 0.665. The van der Waals surface area contributed by atoms with Crippen molar-refractivity contribution in [3.05, 3.63) is 47.5 Å². The summed E-state index contributed by atoms with van der Waals surface area (Å²) in [5.74, 6) is 0. The van der Waals surface area contributed by atoms with Gasteiger partial charge in [0.15, 0.2) is 0 Å². The van der Waals surface area contributed by atoms with Crippen molar-refractivity contribution in [3.63, 3.8) is 0 Å². The Labute approximate surface area is 147 Å². The predicted molar refractivity (Wildman–Crippen MR) is 100 cm³/mol. The standard InChI is InChI=1S/C19H23ClN4/c1-3-13-5-7-14(8-6-13)17-12-24(15(4-2)9-10-21)18-16(17)11-22-19(20)23-18/h5-8,11-12,15H,3-4,9-10,21H2,1-2H3. The van der Waals surface area contributed by atoms with E-state index in [4.69, 9.17) is 17.3 Å². The Morgan fingerprint density at radius 3 is 2.58 bits per heavy atom. The van der Waals surface area contributed by atoms with Crippen LogP contribution < -0.4 is 5.73 Å². The molecule has 1 aromatic carbocycles. The van der Waals surface area contributed by atoms with E-state index in [1.54, 1.807) is 0 Å².